The number of aryl methyl sites for hydroxylation is 2. The molecule has 0 radical (unpaired) electrons. The molecule has 3 rings (SSSR count). The van der Waals surface area contributed by atoms with Crippen molar-refractivity contribution in [3.05, 3.63) is 71.4 Å². The molecule has 1 aromatic heterocycles. The minimum Gasteiger partial charge on any atom is -0.775 e. The van der Waals surface area contributed by atoms with Gasteiger partial charge in [-0.25, -0.2) is 5.28 Å². The first-order valence-electron chi connectivity index (χ1n) is 6.91. The van der Waals surface area contributed by atoms with Crippen LogP contribution in [0.4, 0.5) is 5.88 Å². The second kappa shape index (κ2) is 6.62. The second-order valence-corrected chi connectivity index (χ2v) is 4.73. The Morgan fingerprint density at radius 2 is 1.68 bits per heavy atom. The first kappa shape index (κ1) is 13.9. The highest BCUT2D eigenvalue weighted by Crippen LogP contribution is 2.26. The average Bonchev–Trinajstić information content (AvgIpc) is 2.98. The largest absolute Gasteiger partial charge is 0.775 e. The van der Waals surface area contributed by atoms with E-state index in [2.05, 4.69) is 27.8 Å². The van der Waals surface area contributed by atoms with Crippen LogP contribution in [0.3, 0.4) is 0 Å². The molecule has 3 aromatic rings. The summed E-state index contributed by atoms with van der Waals surface area (Å²) in [5.41, 5.74) is 2.72. The molecular weight excluding hydrogens is 280 g/mol. The predicted octanol–water partition coefficient (Wildman–Crippen LogP) is 3.45. The maximum Gasteiger partial charge on any atom is 0.347 e. The Morgan fingerprint density at radius 3 is 2.36 bits per heavy atom. The van der Waals surface area contributed by atoms with Crippen molar-refractivity contribution in [1.29, 1.82) is 0 Å². The molecule has 22 heavy (non-hydrogen) atoms. The lowest BCUT2D eigenvalue weighted by atomic mass is 10.1. The van der Waals surface area contributed by atoms with Crippen LogP contribution in [0.5, 0.6) is 0 Å². The highest BCUT2D eigenvalue weighted by atomic mass is 16.5. The molecule has 0 fully saturated rings. The van der Waals surface area contributed by atoms with Crippen LogP contribution in [0.25, 0.3) is 11.3 Å². The molecule has 0 amide bonds. The third-order valence-corrected chi connectivity index (χ3v) is 3.32. The Balaban J connectivity index is 1.91. The monoisotopic (exact) mass is 294 g/mol. The fraction of sp³-hybridized carbons (Fsp3) is 0.125. The highest BCUT2D eigenvalue weighted by Gasteiger charge is 2.26. The van der Waals surface area contributed by atoms with Gasteiger partial charge in [-0.3, -0.25) is 4.52 Å². The fourth-order valence-corrected chi connectivity index (χ4v) is 2.29. The summed E-state index contributed by atoms with van der Waals surface area (Å²) in [6.45, 7) is 0.617. The Labute approximate surface area is 127 Å². The zero-order valence-corrected chi connectivity index (χ0v) is 11.8. The Kier molecular flexibility index (Phi) is 4.20. The molecule has 6 nitrogen and oxygen atoms in total. The van der Waals surface area contributed by atoms with Gasteiger partial charge in [-0.2, -0.15) is 0 Å². The second-order valence-electron chi connectivity index (χ2n) is 4.73. The Morgan fingerprint density at radius 1 is 1.00 bits per heavy atom. The summed E-state index contributed by atoms with van der Waals surface area (Å²) in [5.74, 6) is 0.120. The molecule has 0 aliphatic rings. The van der Waals surface area contributed by atoms with Crippen molar-refractivity contribution in [1.82, 2.24) is 5.27 Å². The molecule has 0 atom stereocenters. The van der Waals surface area contributed by atoms with E-state index in [9.17, 15) is 5.21 Å². The molecule has 0 saturated carbocycles. The van der Waals surface area contributed by atoms with Gasteiger partial charge in [-0.1, -0.05) is 48.5 Å². The quantitative estimate of drug-likeness (QED) is 0.411. The Bertz CT molecular complexity index is 754. The van der Waals surface area contributed by atoms with Gasteiger partial charge in [-0.05, 0) is 22.4 Å². The van der Waals surface area contributed by atoms with E-state index >= 15 is 0 Å². The molecular formula is C16H14N4O2. The topological polar surface area (TPSA) is 77.7 Å². The number of hydrogen-bond donors (Lipinski definition) is 0. The number of rotatable bonds is 5. The van der Waals surface area contributed by atoms with Crippen molar-refractivity contribution in [2.24, 2.45) is 10.4 Å². The van der Waals surface area contributed by atoms with E-state index in [1.54, 1.807) is 4.68 Å². The van der Waals surface area contributed by atoms with Crippen molar-refractivity contribution >= 4 is 5.88 Å². The summed E-state index contributed by atoms with van der Waals surface area (Å²) in [4.78, 5) is 0. The van der Waals surface area contributed by atoms with Crippen LogP contribution in [0.2, 0.25) is 0 Å². The first-order valence-corrected chi connectivity index (χ1v) is 6.91. The summed E-state index contributed by atoms with van der Waals surface area (Å²) < 4.78 is 6.83. The standard InChI is InChI=1S/C16H14N4O2/c21-18-17-16-15(14-9-5-2-6-10-14)20(19-22-16)12-11-13-7-3-1-4-8-13/h1-10H,11-12H2. The van der Waals surface area contributed by atoms with E-state index in [1.807, 2.05) is 48.5 Å². The van der Waals surface area contributed by atoms with Gasteiger partial charge in [0.15, 0.2) is 6.54 Å². The summed E-state index contributed by atoms with van der Waals surface area (Å²) in [6, 6.07) is 19.6. The molecule has 6 heteroatoms. The number of aromatic nitrogens is 2. The van der Waals surface area contributed by atoms with Crippen LogP contribution in [-0.2, 0) is 13.0 Å². The fourth-order valence-electron chi connectivity index (χ4n) is 2.29. The van der Waals surface area contributed by atoms with E-state index in [0.29, 0.717) is 12.2 Å². The maximum absolute atomic E-state index is 10.4. The molecule has 0 saturated heterocycles. The van der Waals surface area contributed by atoms with Gasteiger partial charge in [0, 0.05) is 6.42 Å². The van der Waals surface area contributed by atoms with Crippen LogP contribution >= 0.6 is 0 Å². The van der Waals surface area contributed by atoms with Gasteiger partial charge < -0.3 is 5.21 Å². The lowest BCUT2D eigenvalue weighted by Gasteiger charge is -1.97. The molecule has 0 bridgehead atoms. The van der Waals surface area contributed by atoms with Crippen LogP contribution in [0, 0.1) is 5.21 Å². The van der Waals surface area contributed by atoms with Gasteiger partial charge in [0.1, 0.15) is 0 Å². The van der Waals surface area contributed by atoms with Crippen molar-refractivity contribution in [3.8, 4) is 11.3 Å². The molecule has 0 aliphatic heterocycles. The molecule has 0 unspecified atom stereocenters. The third kappa shape index (κ3) is 3.01. The zero-order chi connectivity index (χ0) is 15.2. The van der Waals surface area contributed by atoms with Crippen molar-refractivity contribution in [3.63, 3.8) is 0 Å². The molecule has 0 N–H and O–H groups in total. The van der Waals surface area contributed by atoms with E-state index in [0.717, 1.165) is 12.0 Å². The Hall–Kier alpha value is -3.02. The highest BCUT2D eigenvalue weighted by molar-refractivity contribution is 5.64. The lowest BCUT2D eigenvalue weighted by molar-refractivity contribution is -0.752. The minimum absolute atomic E-state index is 0.120. The van der Waals surface area contributed by atoms with Gasteiger partial charge >= 0.3 is 11.6 Å². The van der Waals surface area contributed by atoms with Crippen LogP contribution < -0.4 is 4.68 Å². The lowest BCUT2D eigenvalue weighted by Crippen LogP contribution is -2.38. The number of nitrogens with zero attached hydrogens (tertiary/aromatic N) is 4. The summed E-state index contributed by atoms with van der Waals surface area (Å²) in [6.07, 6.45) is 0.797. The van der Waals surface area contributed by atoms with Gasteiger partial charge in [-0.15, -0.1) is 5.11 Å². The van der Waals surface area contributed by atoms with Gasteiger partial charge in [0.2, 0.25) is 5.27 Å². The molecule has 1 heterocycles. The molecule has 110 valence electrons. The summed E-state index contributed by atoms with van der Waals surface area (Å²) in [5, 5.41) is 20.4. The van der Waals surface area contributed by atoms with Crippen LogP contribution in [0.15, 0.2) is 75.6 Å². The smallest absolute Gasteiger partial charge is 0.347 e. The molecule has 0 spiro atoms. The summed E-state index contributed by atoms with van der Waals surface area (Å²) in [7, 11) is 0. The number of benzene rings is 2. The van der Waals surface area contributed by atoms with Gasteiger partial charge in [0.25, 0.3) is 0 Å². The zero-order valence-electron chi connectivity index (χ0n) is 11.8. The van der Waals surface area contributed by atoms with Gasteiger partial charge in [0.05, 0.1) is 5.56 Å². The van der Waals surface area contributed by atoms with Crippen molar-refractivity contribution in [2.45, 2.75) is 13.0 Å². The molecule has 0 aliphatic carbocycles. The molecule has 2 aromatic carbocycles. The van der Waals surface area contributed by atoms with E-state index < -0.39 is 0 Å². The normalized spacial score (nSPS) is 11.1. The van der Waals surface area contributed by atoms with Crippen molar-refractivity contribution in [2.75, 3.05) is 0 Å². The maximum atomic E-state index is 10.4. The number of hydrogen-bond acceptors (Lipinski definition) is 5. The first-order chi connectivity index (χ1) is 10.9. The van der Waals surface area contributed by atoms with Crippen LogP contribution in [-0.4, -0.2) is 5.27 Å². The SMILES string of the molecule is [O-]/N=N/c1on[n+](CCc2ccccc2)c1-c1ccccc1. The summed E-state index contributed by atoms with van der Waals surface area (Å²) >= 11 is 0. The van der Waals surface area contributed by atoms with E-state index in [1.165, 1.54) is 5.56 Å². The van der Waals surface area contributed by atoms with E-state index in [4.69, 9.17) is 4.52 Å². The van der Waals surface area contributed by atoms with Crippen molar-refractivity contribution < 1.29 is 9.20 Å². The predicted molar refractivity (Wildman–Crippen MR) is 80.2 cm³/mol. The van der Waals surface area contributed by atoms with Crippen LogP contribution in [0.1, 0.15) is 5.56 Å². The third-order valence-electron chi connectivity index (χ3n) is 3.32. The van der Waals surface area contributed by atoms with E-state index in [-0.39, 0.29) is 5.88 Å². The minimum atomic E-state index is 0.120. The average molecular weight is 294 g/mol.